The van der Waals surface area contributed by atoms with Crippen molar-refractivity contribution in [3.05, 3.63) is 5.21 Å². The molecule has 1 aliphatic rings. The van der Waals surface area contributed by atoms with Gasteiger partial charge in [-0.3, -0.25) is 0 Å². The van der Waals surface area contributed by atoms with Crippen molar-refractivity contribution in [2.45, 2.75) is 58.3 Å². The van der Waals surface area contributed by atoms with Crippen molar-refractivity contribution < 1.29 is 0 Å². The van der Waals surface area contributed by atoms with E-state index in [0.29, 0.717) is 5.92 Å². The Bertz CT molecular complexity index is 132. The van der Waals surface area contributed by atoms with Crippen molar-refractivity contribution in [1.82, 2.24) is 5.06 Å². The van der Waals surface area contributed by atoms with Crippen LogP contribution < -0.4 is 0 Å². The molecule has 0 radical (unpaired) electrons. The van der Waals surface area contributed by atoms with E-state index in [1.54, 1.807) is 0 Å². The second-order valence-electron chi connectivity index (χ2n) is 4.60. The highest BCUT2D eigenvalue weighted by atomic mass is 16.5. The van der Waals surface area contributed by atoms with Gasteiger partial charge in [-0.15, -0.1) is 0 Å². The van der Waals surface area contributed by atoms with E-state index in [-0.39, 0.29) is 0 Å². The topological polar surface area (TPSA) is 26.3 Å². The molecule has 0 unspecified atom stereocenters. The number of rotatable bonds is 6. The summed E-state index contributed by atoms with van der Waals surface area (Å²) in [5.74, 6) is 0.697. The molecule has 0 amide bonds. The first-order valence-electron chi connectivity index (χ1n) is 6.25. The molecule has 2 nitrogen and oxygen atoms in total. The summed E-state index contributed by atoms with van der Waals surface area (Å²) in [5.41, 5.74) is 0. The summed E-state index contributed by atoms with van der Waals surface area (Å²) >= 11 is 0. The minimum absolute atomic E-state index is 0.697. The van der Waals surface area contributed by atoms with Crippen molar-refractivity contribution in [3.8, 4) is 0 Å². The van der Waals surface area contributed by atoms with E-state index in [4.69, 9.17) is 0 Å². The molecule has 14 heavy (non-hydrogen) atoms. The van der Waals surface area contributed by atoms with Crippen molar-refractivity contribution in [2.24, 2.45) is 5.92 Å². The molecule has 0 aromatic heterocycles. The van der Waals surface area contributed by atoms with E-state index >= 15 is 0 Å². The fourth-order valence-corrected chi connectivity index (χ4v) is 2.29. The van der Waals surface area contributed by atoms with Crippen LogP contribution in [0.5, 0.6) is 0 Å². The van der Waals surface area contributed by atoms with Crippen LogP contribution in [-0.2, 0) is 0 Å². The first-order valence-corrected chi connectivity index (χ1v) is 6.25. The number of nitrogens with zero attached hydrogens (tertiary/aromatic N) is 1. The molecule has 0 aromatic rings. The van der Waals surface area contributed by atoms with E-state index in [2.05, 4.69) is 6.92 Å². The number of hydrogen-bond donors (Lipinski definition) is 0. The SMILES string of the molecule is CCCCCN([O-])CC1CCCCC1. The fourth-order valence-electron chi connectivity index (χ4n) is 2.29. The zero-order valence-corrected chi connectivity index (χ0v) is 9.50. The third-order valence-corrected chi connectivity index (χ3v) is 3.20. The van der Waals surface area contributed by atoms with Gasteiger partial charge in [0, 0.05) is 0 Å². The van der Waals surface area contributed by atoms with Gasteiger partial charge < -0.3 is 10.3 Å². The summed E-state index contributed by atoms with van der Waals surface area (Å²) in [5, 5.41) is 12.8. The van der Waals surface area contributed by atoms with Crippen LogP contribution in [0.2, 0.25) is 0 Å². The van der Waals surface area contributed by atoms with E-state index in [0.717, 1.165) is 19.5 Å². The molecule has 0 atom stereocenters. The molecular weight excluding hydrogens is 174 g/mol. The van der Waals surface area contributed by atoms with Gasteiger partial charge in [-0.1, -0.05) is 39.0 Å². The second kappa shape index (κ2) is 7.24. The number of hydrogen-bond acceptors (Lipinski definition) is 2. The molecule has 1 aliphatic carbocycles. The first kappa shape index (κ1) is 12.0. The standard InChI is InChI=1S/C12H24NO/c1-2-3-7-10-13(14)11-12-8-5-4-6-9-12/h12H,2-11H2,1H3/q-1. The summed E-state index contributed by atoms with van der Waals surface area (Å²) in [6, 6.07) is 0. The Hall–Kier alpha value is -0.0800. The van der Waals surface area contributed by atoms with Gasteiger partial charge in [0.25, 0.3) is 0 Å². The summed E-state index contributed by atoms with van der Waals surface area (Å²) in [7, 11) is 0. The quantitative estimate of drug-likeness (QED) is 0.482. The summed E-state index contributed by atoms with van der Waals surface area (Å²) in [6.45, 7) is 3.73. The molecule has 0 heterocycles. The van der Waals surface area contributed by atoms with Crippen LogP contribution in [0, 0.1) is 11.1 Å². The van der Waals surface area contributed by atoms with Gasteiger partial charge in [-0.25, -0.2) is 0 Å². The molecule has 1 rings (SSSR count). The van der Waals surface area contributed by atoms with E-state index in [1.165, 1.54) is 50.0 Å². The highest BCUT2D eigenvalue weighted by molar-refractivity contribution is 4.70. The first-order chi connectivity index (χ1) is 6.83. The van der Waals surface area contributed by atoms with Crippen LogP contribution in [0.3, 0.4) is 0 Å². The minimum atomic E-state index is 0.697. The average molecular weight is 198 g/mol. The number of unbranched alkanes of at least 4 members (excludes halogenated alkanes) is 2. The molecule has 84 valence electrons. The Balaban J connectivity index is 2.03. The van der Waals surface area contributed by atoms with Crippen molar-refractivity contribution in [2.75, 3.05) is 13.1 Å². The maximum absolute atomic E-state index is 11.5. The Morgan fingerprint density at radius 2 is 1.86 bits per heavy atom. The third-order valence-electron chi connectivity index (χ3n) is 3.20. The lowest BCUT2D eigenvalue weighted by Gasteiger charge is -2.34. The molecule has 0 N–H and O–H groups in total. The van der Waals surface area contributed by atoms with Gasteiger partial charge in [0.05, 0.1) is 0 Å². The lowest BCUT2D eigenvalue weighted by molar-refractivity contribution is 0.252. The van der Waals surface area contributed by atoms with Crippen LogP contribution in [-0.4, -0.2) is 18.2 Å². The van der Waals surface area contributed by atoms with Crippen LogP contribution in [0.4, 0.5) is 0 Å². The third kappa shape index (κ3) is 4.97. The zero-order valence-electron chi connectivity index (χ0n) is 9.50. The average Bonchev–Trinajstić information content (AvgIpc) is 2.20. The maximum atomic E-state index is 11.5. The highest BCUT2D eigenvalue weighted by Crippen LogP contribution is 2.24. The number of hydroxylamine groups is 2. The zero-order chi connectivity index (χ0) is 10.2. The van der Waals surface area contributed by atoms with Crippen molar-refractivity contribution in [3.63, 3.8) is 0 Å². The van der Waals surface area contributed by atoms with Crippen molar-refractivity contribution in [1.29, 1.82) is 0 Å². The molecule has 0 saturated heterocycles. The lowest BCUT2D eigenvalue weighted by atomic mass is 9.89. The summed E-state index contributed by atoms with van der Waals surface area (Å²) in [4.78, 5) is 0. The van der Waals surface area contributed by atoms with Gasteiger partial charge in [-0.2, -0.15) is 0 Å². The van der Waals surface area contributed by atoms with Crippen LogP contribution in [0.25, 0.3) is 0 Å². The Morgan fingerprint density at radius 1 is 1.14 bits per heavy atom. The molecular formula is C12H24NO-. The largest absolute Gasteiger partial charge is 0.785 e. The minimum Gasteiger partial charge on any atom is -0.785 e. The van der Waals surface area contributed by atoms with Gasteiger partial charge in [-0.05, 0) is 38.3 Å². The van der Waals surface area contributed by atoms with Crippen LogP contribution in [0.15, 0.2) is 0 Å². The Labute approximate surface area is 88.3 Å². The smallest absolute Gasteiger partial charge is 0.0116 e. The normalized spacial score (nSPS) is 19.1. The molecule has 1 saturated carbocycles. The molecule has 0 aromatic carbocycles. The maximum Gasteiger partial charge on any atom is -0.0116 e. The van der Waals surface area contributed by atoms with Gasteiger partial charge in [0.2, 0.25) is 0 Å². The molecule has 2 heteroatoms. The van der Waals surface area contributed by atoms with E-state index in [1.807, 2.05) is 0 Å². The Morgan fingerprint density at radius 3 is 2.50 bits per heavy atom. The van der Waals surface area contributed by atoms with Crippen molar-refractivity contribution >= 4 is 0 Å². The van der Waals surface area contributed by atoms with Crippen LogP contribution in [0.1, 0.15) is 58.3 Å². The summed E-state index contributed by atoms with van der Waals surface area (Å²) < 4.78 is 0. The van der Waals surface area contributed by atoms with E-state index < -0.39 is 0 Å². The fraction of sp³-hybridized carbons (Fsp3) is 1.00. The van der Waals surface area contributed by atoms with E-state index in [9.17, 15) is 5.21 Å². The monoisotopic (exact) mass is 198 g/mol. The van der Waals surface area contributed by atoms with Gasteiger partial charge >= 0.3 is 0 Å². The Kier molecular flexibility index (Phi) is 6.20. The van der Waals surface area contributed by atoms with Gasteiger partial charge in [0.15, 0.2) is 0 Å². The van der Waals surface area contributed by atoms with Gasteiger partial charge in [0.1, 0.15) is 0 Å². The predicted octanol–water partition coefficient (Wildman–Crippen LogP) is 3.56. The summed E-state index contributed by atoms with van der Waals surface area (Å²) in [6.07, 6.45) is 10.1. The highest BCUT2D eigenvalue weighted by Gasteiger charge is 2.13. The van der Waals surface area contributed by atoms with Crippen LogP contribution >= 0.6 is 0 Å². The predicted molar refractivity (Wildman–Crippen MR) is 61.0 cm³/mol. The molecule has 0 bridgehead atoms. The second-order valence-corrected chi connectivity index (χ2v) is 4.60. The molecule has 0 spiro atoms. The lowest BCUT2D eigenvalue weighted by Crippen LogP contribution is -2.26. The molecule has 1 fully saturated rings. The molecule has 0 aliphatic heterocycles.